The maximum absolute atomic E-state index is 6.60. The highest BCUT2D eigenvalue weighted by Crippen LogP contribution is 2.35. The number of benzene rings is 2. The Hall–Kier alpha value is -3.35. The molecule has 2 heterocycles. The standard InChI is InChI=1S/C32H37ClN4O2/c1-21-16-22(2)35-32(38-19-23-8-6-5-7-9-23)29(21)20-39-31-28-17-24(33)18-30(27(28)14-15-34-31)36-25-10-12-26(13-11-25)37(3)4/h5-9,14-18,25-26,36H,10-13,19-20H2,1-4H3. The van der Waals surface area contributed by atoms with Crippen molar-refractivity contribution < 1.29 is 9.47 Å². The van der Waals surface area contributed by atoms with Crippen LogP contribution in [0.3, 0.4) is 0 Å². The lowest BCUT2D eigenvalue weighted by molar-refractivity contribution is 0.221. The van der Waals surface area contributed by atoms with E-state index in [1.54, 1.807) is 6.20 Å². The highest BCUT2D eigenvalue weighted by molar-refractivity contribution is 6.32. The van der Waals surface area contributed by atoms with Crippen molar-refractivity contribution in [1.29, 1.82) is 0 Å². The first-order chi connectivity index (χ1) is 18.9. The van der Waals surface area contributed by atoms with Crippen molar-refractivity contribution in [2.24, 2.45) is 0 Å². The molecule has 0 spiro atoms. The van der Waals surface area contributed by atoms with Crippen LogP contribution in [0.5, 0.6) is 11.8 Å². The van der Waals surface area contributed by atoms with Crippen molar-refractivity contribution >= 4 is 28.1 Å². The molecule has 204 valence electrons. The van der Waals surface area contributed by atoms with E-state index in [1.807, 2.05) is 55.5 Å². The Bertz CT molecular complexity index is 1420. The molecule has 1 aliphatic carbocycles. The van der Waals surface area contributed by atoms with Gasteiger partial charge < -0.3 is 19.7 Å². The number of rotatable bonds is 9. The van der Waals surface area contributed by atoms with Gasteiger partial charge in [0.15, 0.2) is 0 Å². The van der Waals surface area contributed by atoms with Gasteiger partial charge in [-0.2, -0.15) is 0 Å². The normalized spacial score (nSPS) is 17.4. The molecule has 0 radical (unpaired) electrons. The fourth-order valence-electron chi connectivity index (χ4n) is 5.40. The maximum atomic E-state index is 6.60. The van der Waals surface area contributed by atoms with Gasteiger partial charge in [0, 0.05) is 45.5 Å². The van der Waals surface area contributed by atoms with Crippen LogP contribution < -0.4 is 14.8 Å². The van der Waals surface area contributed by atoms with E-state index in [1.165, 1.54) is 12.8 Å². The number of fused-ring (bicyclic) bond motifs is 1. The lowest BCUT2D eigenvalue weighted by atomic mass is 9.90. The van der Waals surface area contributed by atoms with E-state index in [0.29, 0.717) is 42.1 Å². The highest BCUT2D eigenvalue weighted by Gasteiger charge is 2.23. The lowest BCUT2D eigenvalue weighted by Crippen LogP contribution is -2.36. The first-order valence-corrected chi connectivity index (χ1v) is 14.0. The van der Waals surface area contributed by atoms with E-state index in [9.17, 15) is 0 Å². The van der Waals surface area contributed by atoms with E-state index in [4.69, 9.17) is 21.1 Å². The number of hydrogen-bond donors (Lipinski definition) is 1. The van der Waals surface area contributed by atoms with Gasteiger partial charge in [0.1, 0.15) is 13.2 Å². The Kier molecular flexibility index (Phi) is 8.53. The molecule has 5 rings (SSSR count). The molecule has 39 heavy (non-hydrogen) atoms. The number of pyridine rings is 2. The van der Waals surface area contributed by atoms with Gasteiger partial charge in [-0.05, 0) is 89.0 Å². The first kappa shape index (κ1) is 27.2. The van der Waals surface area contributed by atoms with Crippen LogP contribution in [0.2, 0.25) is 5.02 Å². The van der Waals surface area contributed by atoms with Gasteiger partial charge in [-0.1, -0.05) is 41.9 Å². The van der Waals surface area contributed by atoms with Crippen LogP contribution in [-0.2, 0) is 13.2 Å². The zero-order valence-electron chi connectivity index (χ0n) is 23.2. The van der Waals surface area contributed by atoms with Crippen molar-refractivity contribution in [2.75, 3.05) is 19.4 Å². The number of ether oxygens (including phenoxy) is 2. The molecular formula is C32H37ClN4O2. The lowest BCUT2D eigenvalue weighted by Gasteiger charge is -2.33. The molecule has 0 amide bonds. The number of aromatic nitrogens is 2. The minimum atomic E-state index is 0.291. The number of halogens is 1. The minimum absolute atomic E-state index is 0.291. The minimum Gasteiger partial charge on any atom is -0.472 e. The van der Waals surface area contributed by atoms with E-state index in [0.717, 1.165) is 51.7 Å². The Labute approximate surface area is 236 Å². The fraction of sp³-hybridized carbons (Fsp3) is 0.375. The average molecular weight is 545 g/mol. The molecule has 0 atom stereocenters. The van der Waals surface area contributed by atoms with Gasteiger partial charge in [0.25, 0.3) is 0 Å². The second-order valence-electron chi connectivity index (χ2n) is 10.7. The van der Waals surface area contributed by atoms with Crippen molar-refractivity contribution in [1.82, 2.24) is 14.9 Å². The molecule has 0 unspecified atom stereocenters. The van der Waals surface area contributed by atoms with E-state index in [-0.39, 0.29) is 0 Å². The highest BCUT2D eigenvalue weighted by atomic mass is 35.5. The van der Waals surface area contributed by atoms with Crippen molar-refractivity contribution in [3.8, 4) is 11.8 Å². The van der Waals surface area contributed by atoms with Gasteiger partial charge in [0.05, 0.1) is 5.56 Å². The summed E-state index contributed by atoms with van der Waals surface area (Å²) in [5.41, 5.74) is 5.00. The zero-order chi connectivity index (χ0) is 27.4. The monoisotopic (exact) mass is 544 g/mol. The molecule has 6 nitrogen and oxygen atoms in total. The molecule has 0 aliphatic heterocycles. The van der Waals surface area contributed by atoms with Crippen molar-refractivity contribution in [3.05, 3.63) is 88.2 Å². The summed E-state index contributed by atoms with van der Waals surface area (Å²) < 4.78 is 12.5. The van der Waals surface area contributed by atoms with Crippen LogP contribution in [0.15, 0.2) is 60.8 Å². The Morgan fingerprint density at radius 2 is 1.64 bits per heavy atom. The summed E-state index contributed by atoms with van der Waals surface area (Å²) in [6.07, 6.45) is 6.45. The Balaban J connectivity index is 1.36. The molecule has 0 saturated heterocycles. The third-order valence-electron chi connectivity index (χ3n) is 7.60. The smallest absolute Gasteiger partial charge is 0.221 e. The summed E-state index contributed by atoms with van der Waals surface area (Å²) in [5, 5.41) is 6.36. The largest absolute Gasteiger partial charge is 0.472 e. The van der Waals surface area contributed by atoms with Gasteiger partial charge in [0.2, 0.25) is 11.8 Å². The summed E-state index contributed by atoms with van der Waals surface area (Å²) in [6, 6.07) is 19.2. The Morgan fingerprint density at radius 1 is 0.897 bits per heavy atom. The quantitative estimate of drug-likeness (QED) is 0.238. The average Bonchev–Trinajstić information content (AvgIpc) is 2.92. The predicted molar refractivity (Wildman–Crippen MR) is 159 cm³/mol. The van der Waals surface area contributed by atoms with Gasteiger partial charge >= 0.3 is 0 Å². The molecule has 7 heteroatoms. The SMILES string of the molecule is Cc1cc(C)c(COc2nccc3c(NC4CCC(N(C)C)CC4)cc(Cl)cc23)c(OCc2ccccc2)n1. The molecule has 1 N–H and O–H groups in total. The molecule has 0 bridgehead atoms. The summed E-state index contributed by atoms with van der Waals surface area (Å²) in [6.45, 7) is 4.77. The Morgan fingerprint density at radius 3 is 2.38 bits per heavy atom. The van der Waals surface area contributed by atoms with Crippen LogP contribution in [0.1, 0.15) is 48.1 Å². The maximum Gasteiger partial charge on any atom is 0.221 e. The van der Waals surface area contributed by atoms with Crippen LogP contribution in [0.25, 0.3) is 10.8 Å². The molecule has 4 aromatic rings. The van der Waals surface area contributed by atoms with Crippen LogP contribution >= 0.6 is 11.6 Å². The third kappa shape index (κ3) is 6.63. The summed E-state index contributed by atoms with van der Waals surface area (Å²) in [4.78, 5) is 11.6. The first-order valence-electron chi connectivity index (χ1n) is 13.6. The summed E-state index contributed by atoms with van der Waals surface area (Å²) in [5.74, 6) is 1.13. The number of anilines is 1. The van der Waals surface area contributed by atoms with E-state index in [2.05, 4.69) is 47.3 Å². The second kappa shape index (κ2) is 12.2. The van der Waals surface area contributed by atoms with Crippen molar-refractivity contribution in [2.45, 2.75) is 64.8 Å². The van der Waals surface area contributed by atoms with Gasteiger partial charge in [-0.15, -0.1) is 0 Å². The van der Waals surface area contributed by atoms with Crippen LogP contribution in [-0.4, -0.2) is 41.0 Å². The number of aryl methyl sites for hydroxylation is 2. The topological polar surface area (TPSA) is 59.5 Å². The summed E-state index contributed by atoms with van der Waals surface area (Å²) >= 11 is 6.60. The number of nitrogens with one attached hydrogen (secondary N) is 1. The molecule has 2 aromatic heterocycles. The number of hydrogen-bond acceptors (Lipinski definition) is 6. The van der Waals surface area contributed by atoms with Crippen LogP contribution in [0, 0.1) is 13.8 Å². The van der Waals surface area contributed by atoms with E-state index < -0.39 is 0 Å². The second-order valence-corrected chi connectivity index (χ2v) is 11.1. The van der Waals surface area contributed by atoms with Crippen LogP contribution in [0.4, 0.5) is 5.69 Å². The predicted octanol–water partition coefficient (Wildman–Crippen LogP) is 7.34. The van der Waals surface area contributed by atoms with Gasteiger partial charge in [-0.3, -0.25) is 0 Å². The molecule has 2 aromatic carbocycles. The van der Waals surface area contributed by atoms with Gasteiger partial charge in [-0.25, -0.2) is 9.97 Å². The number of nitrogens with zero attached hydrogens (tertiary/aromatic N) is 3. The van der Waals surface area contributed by atoms with E-state index >= 15 is 0 Å². The molecule has 1 aliphatic rings. The fourth-order valence-corrected chi connectivity index (χ4v) is 5.62. The molecule has 1 fully saturated rings. The van der Waals surface area contributed by atoms with Crippen molar-refractivity contribution in [3.63, 3.8) is 0 Å². The summed E-state index contributed by atoms with van der Waals surface area (Å²) in [7, 11) is 4.34. The molecule has 1 saturated carbocycles. The molecular weight excluding hydrogens is 508 g/mol. The zero-order valence-corrected chi connectivity index (χ0v) is 24.0. The third-order valence-corrected chi connectivity index (χ3v) is 7.82.